The highest BCUT2D eigenvalue weighted by atomic mass is 19.4. The van der Waals surface area contributed by atoms with E-state index < -0.39 is 11.7 Å². The Morgan fingerprint density at radius 1 is 1.14 bits per heavy atom. The van der Waals surface area contributed by atoms with E-state index in [4.69, 9.17) is 9.47 Å². The monoisotopic (exact) mass is 395 g/mol. The van der Waals surface area contributed by atoms with Gasteiger partial charge < -0.3 is 14.8 Å². The summed E-state index contributed by atoms with van der Waals surface area (Å²) in [6.07, 6.45) is 0.467. The zero-order chi connectivity index (χ0) is 20.1. The quantitative estimate of drug-likeness (QED) is 0.837. The van der Waals surface area contributed by atoms with Crippen LogP contribution in [0.15, 0.2) is 36.7 Å². The van der Waals surface area contributed by atoms with Gasteiger partial charge in [0, 0.05) is 24.5 Å². The average Bonchev–Trinajstić information content (AvgIpc) is 2.69. The maximum Gasteiger partial charge on any atom is 0.417 e. The number of carbonyl (C=O) groups is 1. The molecule has 9 heteroatoms. The summed E-state index contributed by atoms with van der Waals surface area (Å²) in [6.45, 7) is 0. The highest BCUT2D eigenvalue weighted by Gasteiger charge is 2.31. The van der Waals surface area contributed by atoms with Crippen LogP contribution in [-0.2, 0) is 6.18 Å². The molecule has 2 aromatic heterocycles. The Balaban J connectivity index is 1.50. The van der Waals surface area contributed by atoms with Crippen LogP contribution in [0, 0.1) is 0 Å². The predicted octanol–water partition coefficient (Wildman–Crippen LogP) is 3.62. The van der Waals surface area contributed by atoms with E-state index >= 15 is 0 Å². The van der Waals surface area contributed by atoms with E-state index in [1.54, 1.807) is 18.3 Å². The number of methoxy groups -OCH3 is 1. The molecule has 28 heavy (non-hydrogen) atoms. The van der Waals surface area contributed by atoms with Crippen molar-refractivity contribution < 1.29 is 27.4 Å². The molecular weight excluding hydrogens is 375 g/mol. The highest BCUT2D eigenvalue weighted by Crippen LogP contribution is 2.30. The molecule has 0 radical (unpaired) electrons. The summed E-state index contributed by atoms with van der Waals surface area (Å²) < 4.78 is 48.5. The molecule has 2 heterocycles. The van der Waals surface area contributed by atoms with Crippen LogP contribution >= 0.6 is 0 Å². The van der Waals surface area contributed by atoms with Crippen LogP contribution in [0.3, 0.4) is 0 Å². The standard InChI is InChI=1S/C19H20F3N3O3/c1-27-18-15(3-2-10-23-18)17(26)25-13-5-7-14(8-6-13)28-16-9-4-12(11-24-16)19(20,21)22/h2-4,9-11,13-14H,5-8H2,1H3,(H,25,26). The van der Waals surface area contributed by atoms with Crippen molar-refractivity contribution in [1.82, 2.24) is 15.3 Å². The van der Waals surface area contributed by atoms with Gasteiger partial charge in [0.25, 0.3) is 5.91 Å². The van der Waals surface area contributed by atoms with Crippen molar-refractivity contribution in [2.45, 2.75) is 44.0 Å². The van der Waals surface area contributed by atoms with Crippen molar-refractivity contribution >= 4 is 5.91 Å². The van der Waals surface area contributed by atoms with E-state index in [9.17, 15) is 18.0 Å². The Labute approximate surface area is 160 Å². The molecule has 0 aromatic carbocycles. The van der Waals surface area contributed by atoms with Crippen molar-refractivity contribution in [3.63, 3.8) is 0 Å². The smallest absolute Gasteiger partial charge is 0.417 e. The van der Waals surface area contributed by atoms with E-state index in [1.807, 2.05) is 0 Å². The molecule has 0 aliphatic heterocycles. The molecule has 0 saturated heterocycles. The van der Waals surface area contributed by atoms with Crippen LogP contribution in [0.5, 0.6) is 11.8 Å². The molecule has 6 nitrogen and oxygen atoms in total. The fourth-order valence-corrected chi connectivity index (χ4v) is 3.10. The van der Waals surface area contributed by atoms with Crippen LogP contribution in [0.1, 0.15) is 41.6 Å². The summed E-state index contributed by atoms with van der Waals surface area (Å²) in [6, 6.07) is 5.48. The van der Waals surface area contributed by atoms with Gasteiger partial charge >= 0.3 is 6.18 Å². The fourth-order valence-electron chi connectivity index (χ4n) is 3.10. The largest absolute Gasteiger partial charge is 0.480 e. The molecule has 2 aromatic rings. The number of nitrogens with zero attached hydrogens (tertiary/aromatic N) is 2. The van der Waals surface area contributed by atoms with E-state index in [1.165, 1.54) is 13.2 Å². The molecule has 1 fully saturated rings. The van der Waals surface area contributed by atoms with Gasteiger partial charge in [0.05, 0.1) is 12.7 Å². The molecule has 150 valence electrons. The first kappa shape index (κ1) is 19.9. The summed E-state index contributed by atoms with van der Waals surface area (Å²) in [5.41, 5.74) is -0.436. The molecule has 1 amide bonds. The molecular formula is C19H20F3N3O3. The maximum absolute atomic E-state index is 12.6. The van der Waals surface area contributed by atoms with Gasteiger partial charge in [0.15, 0.2) is 0 Å². The molecule has 1 N–H and O–H groups in total. The Hall–Kier alpha value is -2.84. The SMILES string of the molecule is COc1ncccc1C(=O)NC1CCC(Oc2ccc(C(F)(F)F)cn2)CC1. The van der Waals surface area contributed by atoms with Crippen LogP contribution in [0.4, 0.5) is 13.2 Å². The molecule has 0 spiro atoms. The normalized spacial score (nSPS) is 19.7. The lowest BCUT2D eigenvalue weighted by Gasteiger charge is -2.29. The lowest BCUT2D eigenvalue weighted by atomic mass is 9.92. The molecule has 0 bridgehead atoms. The van der Waals surface area contributed by atoms with Gasteiger partial charge in [0.1, 0.15) is 11.7 Å². The van der Waals surface area contributed by atoms with Crippen molar-refractivity contribution in [2.24, 2.45) is 0 Å². The average molecular weight is 395 g/mol. The minimum Gasteiger partial charge on any atom is -0.480 e. The Kier molecular flexibility index (Phi) is 6.01. The molecule has 0 atom stereocenters. The Morgan fingerprint density at radius 2 is 1.89 bits per heavy atom. The molecule has 1 aliphatic rings. The molecule has 1 saturated carbocycles. The van der Waals surface area contributed by atoms with Gasteiger partial charge in [-0.3, -0.25) is 4.79 Å². The lowest BCUT2D eigenvalue weighted by Crippen LogP contribution is -2.39. The number of nitrogens with one attached hydrogen (secondary N) is 1. The Bertz CT molecular complexity index is 804. The van der Waals surface area contributed by atoms with E-state index in [0.717, 1.165) is 12.3 Å². The van der Waals surface area contributed by atoms with Crippen LogP contribution in [0.2, 0.25) is 0 Å². The Morgan fingerprint density at radius 3 is 2.50 bits per heavy atom. The third-order valence-corrected chi connectivity index (χ3v) is 4.57. The number of ether oxygens (including phenoxy) is 2. The number of alkyl halides is 3. The number of hydrogen-bond acceptors (Lipinski definition) is 5. The third-order valence-electron chi connectivity index (χ3n) is 4.57. The fraction of sp³-hybridized carbons (Fsp3) is 0.421. The number of pyridine rings is 2. The molecule has 1 aliphatic carbocycles. The van der Waals surface area contributed by atoms with Crippen molar-refractivity contribution in [2.75, 3.05) is 7.11 Å². The van der Waals surface area contributed by atoms with Gasteiger partial charge in [-0.05, 0) is 43.9 Å². The number of carbonyl (C=O) groups excluding carboxylic acids is 1. The minimum atomic E-state index is -4.42. The van der Waals surface area contributed by atoms with Gasteiger partial charge in [-0.1, -0.05) is 0 Å². The number of amides is 1. The van der Waals surface area contributed by atoms with E-state index in [2.05, 4.69) is 15.3 Å². The summed E-state index contributed by atoms with van der Waals surface area (Å²) >= 11 is 0. The summed E-state index contributed by atoms with van der Waals surface area (Å²) in [7, 11) is 1.46. The van der Waals surface area contributed by atoms with Crippen LogP contribution in [-0.4, -0.2) is 35.1 Å². The number of rotatable bonds is 5. The first-order valence-electron chi connectivity index (χ1n) is 8.86. The van der Waals surface area contributed by atoms with Gasteiger partial charge in [-0.15, -0.1) is 0 Å². The van der Waals surface area contributed by atoms with Crippen molar-refractivity contribution in [3.8, 4) is 11.8 Å². The van der Waals surface area contributed by atoms with Crippen LogP contribution < -0.4 is 14.8 Å². The predicted molar refractivity (Wildman–Crippen MR) is 94.2 cm³/mol. The zero-order valence-corrected chi connectivity index (χ0v) is 15.2. The summed E-state index contributed by atoms with van der Waals surface area (Å²) in [4.78, 5) is 20.2. The second-order valence-corrected chi connectivity index (χ2v) is 6.51. The summed E-state index contributed by atoms with van der Waals surface area (Å²) in [5.74, 6) is 0.185. The van der Waals surface area contributed by atoms with Crippen molar-refractivity contribution in [3.05, 3.63) is 47.8 Å². The van der Waals surface area contributed by atoms with Crippen molar-refractivity contribution in [1.29, 1.82) is 0 Å². The first-order valence-corrected chi connectivity index (χ1v) is 8.86. The van der Waals surface area contributed by atoms with E-state index in [0.29, 0.717) is 31.2 Å². The zero-order valence-electron chi connectivity index (χ0n) is 15.2. The number of halogens is 3. The third kappa shape index (κ3) is 4.90. The highest BCUT2D eigenvalue weighted by molar-refractivity contribution is 5.96. The lowest BCUT2D eigenvalue weighted by molar-refractivity contribution is -0.137. The second-order valence-electron chi connectivity index (χ2n) is 6.51. The summed E-state index contributed by atoms with van der Waals surface area (Å²) in [5, 5.41) is 2.96. The number of hydrogen-bond donors (Lipinski definition) is 1. The maximum atomic E-state index is 12.6. The van der Waals surface area contributed by atoms with E-state index in [-0.39, 0.29) is 29.8 Å². The van der Waals surface area contributed by atoms with Gasteiger partial charge in [-0.25, -0.2) is 9.97 Å². The topological polar surface area (TPSA) is 73.3 Å². The van der Waals surface area contributed by atoms with Crippen LogP contribution in [0.25, 0.3) is 0 Å². The molecule has 3 rings (SSSR count). The van der Waals surface area contributed by atoms with Gasteiger partial charge in [-0.2, -0.15) is 13.2 Å². The first-order chi connectivity index (χ1) is 13.4. The molecule has 0 unspecified atom stereocenters. The minimum absolute atomic E-state index is 0.0159. The second kappa shape index (κ2) is 8.45. The van der Waals surface area contributed by atoms with Gasteiger partial charge in [0.2, 0.25) is 11.8 Å². The number of aromatic nitrogens is 2.